The van der Waals surface area contributed by atoms with Gasteiger partial charge < -0.3 is 0 Å². The van der Waals surface area contributed by atoms with E-state index in [1.54, 1.807) is 0 Å². The molecule has 0 unspecified atom stereocenters. The number of rotatable bonds is 7. The molecule has 11 heavy (non-hydrogen) atoms. The zero-order valence-corrected chi connectivity index (χ0v) is 7.77. The zero-order valence-electron chi connectivity index (χ0n) is 7.77. The molecule has 0 saturated carbocycles. The quantitative estimate of drug-likeness (QED) is 0.334. The molecule has 0 aromatic heterocycles. The van der Waals surface area contributed by atoms with E-state index >= 15 is 0 Å². The van der Waals surface area contributed by atoms with Crippen LogP contribution in [0.5, 0.6) is 0 Å². The van der Waals surface area contributed by atoms with Gasteiger partial charge in [0.05, 0.1) is 0 Å². The third kappa shape index (κ3) is 6.28. The van der Waals surface area contributed by atoms with Gasteiger partial charge in [0, 0.05) is 13.1 Å². The standard InChI is InChI=1S/C8H21N3/c1-3-5-6-8-11(10-9)7-4-2/h10H,3-9H2,1-2H3. The number of hydrogen-bond acceptors (Lipinski definition) is 3. The molecule has 0 aromatic rings. The zero-order chi connectivity index (χ0) is 8.53. The second kappa shape index (κ2) is 7.98. The van der Waals surface area contributed by atoms with E-state index < -0.39 is 0 Å². The highest BCUT2D eigenvalue weighted by Crippen LogP contribution is 1.95. The maximum Gasteiger partial charge on any atom is 0.0144 e. The van der Waals surface area contributed by atoms with Crippen molar-refractivity contribution in [3.8, 4) is 0 Å². The summed E-state index contributed by atoms with van der Waals surface area (Å²) in [6, 6.07) is 0. The van der Waals surface area contributed by atoms with Crippen LogP contribution in [0.1, 0.15) is 39.5 Å². The Morgan fingerprint density at radius 3 is 2.27 bits per heavy atom. The summed E-state index contributed by atoms with van der Waals surface area (Å²) in [6.45, 7) is 6.47. The molecule has 3 nitrogen and oxygen atoms in total. The summed E-state index contributed by atoms with van der Waals surface area (Å²) in [5.41, 5.74) is 2.70. The monoisotopic (exact) mass is 159 g/mol. The van der Waals surface area contributed by atoms with Crippen LogP contribution < -0.4 is 11.4 Å². The van der Waals surface area contributed by atoms with E-state index in [1.807, 2.05) is 0 Å². The van der Waals surface area contributed by atoms with E-state index in [9.17, 15) is 0 Å². The lowest BCUT2D eigenvalue weighted by molar-refractivity contribution is 0.186. The molecule has 68 valence electrons. The highest BCUT2D eigenvalue weighted by molar-refractivity contribution is 4.48. The Bertz CT molecular complexity index is 75.7. The van der Waals surface area contributed by atoms with Gasteiger partial charge in [-0.15, -0.1) is 0 Å². The van der Waals surface area contributed by atoms with Crippen molar-refractivity contribution in [2.45, 2.75) is 39.5 Å². The molecular weight excluding hydrogens is 138 g/mol. The fraction of sp³-hybridized carbons (Fsp3) is 1.00. The van der Waals surface area contributed by atoms with Crippen LogP contribution in [0.2, 0.25) is 0 Å². The number of unbranched alkanes of at least 4 members (excludes halogenated alkanes) is 2. The number of hydrogen-bond donors (Lipinski definition) is 2. The molecule has 0 rings (SSSR count). The first kappa shape index (κ1) is 10.9. The summed E-state index contributed by atoms with van der Waals surface area (Å²) >= 11 is 0. The predicted molar refractivity (Wildman–Crippen MR) is 48.7 cm³/mol. The second-order valence-corrected chi connectivity index (χ2v) is 2.82. The first-order valence-corrected chi connectivity index (χ1v) is 4.56. The third-order valence-electron chi connectivity index (χ3n) is 1.71. The molecule has 3 N–H and O–H groups in total. The van der Waals surface area contributed by atoms with Crippen molar-refractivity contribution >= 4 is 0 Å². The van der Waals surface area contributed by atoms with Crippen LogP contribution in [0.15, 0.2) is 0 Å². The van der Waals surface area contributed by atoms with Gasteiger partial charge in [-0.25, -0.2) is 5.01 Å². The van der Waals surface area contributed by atoms with Crippen LogP contribution in [0.3, 0.4) is 0 Å². The largest absolute Gasteiger partial charge is 0.258 e. The minimum atomic E-state index is 1.04. The van der Waals surface area contributed by atoms with E-state index in [0.29, 0.717) is 0 Å². The summed E-state index contributed by atoms with van der Waals surface area (Å²) in [4.78, 5) is 0. The lowest BCUT2D eigenvalue weighted by Gasteiger charge is -2.19. The molecule has 0 aliphatic carbocycles. The van der Waals surface area contributed by atoms with Crippen molar-refractivity contribution in [2.75, 3.05) is 13.1 Å². The van der Waals surface area contributed by atoms with E-state index in [0.717, 1.165) is 19.5 Å². The van der Waals surface area contributed by atoms with Crippen LogP contribution in [-0.2, 0) is 0 Å². The maximum atomic E-state index is 5.32. The molecule has 0 atom stereocenters. The number of nitrogens with one attached hydrogen (secondary N) is 1. The average molecular weight is 159 g/mol. The van der Waals surface area contributed by atoms with Gasteiger partial charge in [-0.3, -0.25) is 5.84 Å². The minimum Gasteiger partial charge on any atom is -0.258 e. The Morgan fingerprint density at radius 1 is 1.09 bits per heavy atom. The summed E-state index contributed by atoms with van der Waals surface area (Å²) in [6.07, 6.45) is 4.95. The molecule has 0 spiro atoms. The van der Waals surface area contributed by atoms with Crippen molar-refractivity contribution in [1.29, 1.82) is 0 Å². The second-order valence-electron chi connectivity index (χ2n) is 2.82. The number of nitrogens with two attached hydrogens (primary N) is 1. The van der Waals surface area contributed by atoms with Gasteiger partial charge in [0.15, 0.2) is 0 Å². The lowest BCUT2D eigenvalue weighted by Crippen LogP contribution is -2.43. The highest BCUT2D eigenvalue weighted by atomic mass is 15.6. The Labute approximate surface area is 69.9 Å². The summed E-state index contributed by atoms with van der Waals surface area (Å²) in [5, 5.41) is 2.07. The average Bonchev–Trinajstić information content (AvgIpc) is 2.03. The van der Waals surface area contributed by atoms with E-state index in [4.69, 9.17) is 5.84 Å². The van der Waals surface area contributed by atoms with Gasteiger partial charge >= 0.3 is 0 Å². The van der Waals surface area contributed by atoms with Crippen LogP contribution in [0.4, 0.5) is 0 Å². The molecule has 0 aliphatic heterocycles. The van der Waals surface area contributed by atoms with Crippen LogP contribution in [0, 0.1) is 0 Å². The van der Waals surface area contributed by atoms with Crippen molar-refractivity contribution in [2.24, 2.45) is 5.84 Å². The number of hydrazine groups is 2. The lowest BCUT2D eigenvalue weighted by atomic mass is 10.2. The van der Waals surface area contributed by atoms with Crippen molar-refractivity contribution < 1.29 is 0 Å². The molecule has 3 heteroatoms. The first-order chi connectivity index (χ1) is 5.35. The van der Waals surface area contributed by atoms with Crippen LogP contribution in [0.25, 0.3) is 0 Å². The van der Waals surface area contributed by atoms with Crippen LogP contribution in [-0.4, -0.2) is 18.1 Å². The maximum absolute atomic E-state index is 5.32. The van der Waals surface area contributed by atoms with Gasteiger partial charge in [0.25, 0.3) is 0 Å². The predicted octanol–water partition coefficient (Wildman–Crippen LogP) is 1.27. The molecule has 0 aliphatic rings. The SMILES string of the molecule is CCCCCN(CCC)NN. The fourth-order valence-electron chi connectivity index (χ4n) is 1.06. The molecule has 0 aromatic carbocycles. The minimum absolute atomic E-state index is 1.04. The van der Waals surface area contributed by atoms with E-state index in [-0.39, 0.29) is 0 Å². The van der Waals surface area contributed by atoms with Gasteiger partial charge in [-0.2, -0.15) is 5.53 Å². The van der Waals surface area contributed by atoms with E-state index in [1.165, 1.54) is 19.3 Å². The fourth-order valence-corrected chi connectivity index (χ4v) is 1.06. The third-order valence-corrected chi connectivity index (χ3v) is 1.71. The Morgan fingerprint density at radius 2 is 1.82 bits per heavy atom. The normalized spacial score (nSPS) is 10.9. The summed E-state index contributed by atoms with van der Waals surface area (Å²) in [5.74, 6) is 5.32. The Hall–Kier alpha value is -0.120. The number of nitrogens with zero attached hydrogens (tertiary/aromatic N) is 1. The van der Waals surface area contributed by atoms with Gasteiger partial charge in [-0.1, -0.05) is 26.7 Å². The topological polar surface area (TPSA) is 41.3 Å². The smallest absolute Gasteiger partial charge is 0.0144 e. The van der Waals surface area contributed by atoms with Crippen molar-refractivity contribution in [3.05, 3.63) is 0 Å². The first-order valence-electron chi connectivity index (χ1n) is 4.56. The molecular formula is C8H21N3. The molecule has 0 heterocycles. The van der Waals surface area contributed by atoms with Crippen LogP contribution >= 0.6 is 0 Å². The molecule has 0 fully saturated rings. The van der Waals surface area contributed by atoms with Crippen molar-refractivity contribution in [1.82, 2.24) is 10.5 Å². The highest BCUT2D eigenvalue weighted by Gasteiger charge is 1.98. The van der Waals surface area contributed by atoms with E-state index in [2.05, 4.69) is 24.4 Å². The summed E-state index contributed by atoms with van der Waals surface area (Å²) < 4.78 is 0. The summed E-state index contributed by atoms with van der Waals surface area (Å²) in [7, 11) is 0. The molecule has 0 radical (unpaired) electrons. The van der Waals surface area contributed by atoms with Crippen molar-refractivity contribution in [3.63, 3.8) is 0 Å². The molecule has 0 bridgehead atoms. The van der Waals surface area contributed by atoms with Gasteiger partial charge in [0.2, 0.25) is 0 Å². The van der Waals surface area contributed by atoms with Gasteiger partial charge in [0.1, 0.15) is 0 Å². The molecule has 0 saturated heterocycles. The van der Waals surface area contributed by atoms with Gasteiger partial charge in [-0.05, 0) is 12.8 Å². The molecule has 0 amide bonds. The Balaban J connectivity index is 3.20. The Kier molecular flexibility index (Phi) is 7.89.